The average molecular weight is 266 g/mol. The monoisotopic (exact) mass is 265 g/mol. The predicted molar refractivity (Wildman–Crippen MR) is 79.3 cm³/mol. The van der Waals surface area contributed by atoms with E-state index < -0.39 is 0 Å². The van der Waals surface area contributed by atoms with E-state index in [1.807, 2.05) is 37.3 Å². The second-order valence-electron chi connectivity index (χ2n) is 3.81. The van der Waals surface area contributed by atoms with Gasteiger partial charge < -0.3 is 10.6 Å². The van der Waals surface area contributed by atoms with Crippen LogP contribution in [0.5, 0.6) is 0 Å². The maximum atomic E-state index is 5.84. The number of rotatable bonds is 6. The minimum atomic E-state index is 0.715. The molecule has 0 heterocycles. The third-order valence-electron chi connectivity index (χ3n) is 2.34. The van der Waals surface area contributed by atoms with Crippen LogP contribution in [0.25, 0.3) is 0 Å². The van der Waals surface area contributed by atoms with Gasteiger partial charge in [-0.25, -0.2) is 0 Å². The Morgan fingerprint density at radius 2 is 2.06 bits per heavy atom. The van der Waals surface area contributed by atoms with E-state index in [2.05, 4.69) is 22.2 Å². The number of benzene rings is 1. The van der Waals surface area contributed by atoms with Crippen molar-refractivity contribution < 1.29 is 0 Å². The topological polar surface area (TPSA) is 36.4 Å². The molecule has 4 heteroatoms. The highest BCUT2D eigenvalue weighted by atomic mass is 35.5. The summed E-state index contributed by atoms with van der Waals surface area (Å²) < 4.78 is 0. The molecule has 0 saturated heterocycles. The van der Waals surface area contributed by atoms with Gasteiger partial charge >= 0.3 is 0 Å². The molecule has 1 aromatic rings. The van der Waals surface area contributed by atoms with Crippen LogP contribution in [0.3, 0.4) is 0 Å². The number of hydrogen-bond acceptors (Lipinski definition) is 1. The van der Waals surface area contributed by atoms with Crippen LogP contribution in [-0.4, -0.2) is 25.6 Å². The van der Waals surface area contributed by atoms with Gasteiger partial charge in [0, 0.05) is 24.7 Å². The SMILES string of the molecule is C=CCNC(=NCCc1ccc(Cl)cc1)NCC. The summed E-state index contributed by atoms with van der Waals surface area (Å²) in [6.45, 7) is 8.03. The Hall–Kier alpha value is -1.48. The Bertz CT molecular complexity index is 385. The number of hydrogen-bond donors (Lipinski definition) is 2. The molecule has 0 aliphatic rings. The zero-order chi connectivity index (χ0) is 13.2. The maximum absolute atomic E-state index is 5.84. The van der Waals surface area contributed by atoms with Crippen LogP contribution in [0.1, 0.15) is 12.5 Å². The first-order valence-electron chi connectivity index (χ1n) is 6.13. The summed E-state index contributed by atoms with van der Waals surface area (Å²) in [4.78, 5) is 4.48. The molecule has 98 valence electrons. The van der Waals surface area contributed by atoms with Gasteiger partial charge in [0.2, 0.25) is 0 Å². The molecule has 0 unspecified atom stereocenters. The molecule has 2 N–H and O–H groups in total. The quantitative estimate of drug-likeness (QED) is 0.471. The van der Waals surface area contributed by atoms with Crippen molar-refractivity contribution in [3.05, 3.63) is 47.5 Å². The molecule has 0 atom stereocenters. The fraction of sp³-hybridized carbons (Fsp3) is 0.357. The van der Waals surface area contributed by atoms with Crippen LogP contribution in [0.15, 0.2) is 41.9 Å². The molecule has 0 radical (unpaired) electrons. The second-order valence-corrected chi connectivity index (χ2v) is 4.24. The number of aliphatic imine (C=N–C) groups is 1. The first-order chi connectivity index (χ1) is 8.76. The lowest BCUT2D eigenvalue weighted by Crippen LogP contribution is -2.37. The summed E-state index contributed by atoms with van der Waals surface area (Å²) in [5, 5.41) is 7.12. The molecule has 0 aliphatic carbocycles. The van der Waals surface area contributed by atoms with Crippen molar-refractivity contribution in [1.29, 1.82) is 0 Å². The van der Waals surface area contributed by atoms with Gasteiger partial charge in [0.25, 0.3) is 0 Å². The molecule has 1 aromatic carbocycles. The second kappa shape index (κ2) is 8.59. The summed E-state index contributed by atoms with van der Waals surface area (Å²) in [5.74, 6) is 0.825. The van der Waals surface area contributed by atoms with Gasteiger partial charge in [-0.05, 0) is 31.0 Å². The highest BCUT2D eigenvalue weighted by Crippen LogP contribution is 2.09. The summed E-state index contributed by atoms with van der Waals surface area (Å²) >= 11 is 5.84. The summed E-state index contributed by atoms with van der Waals surface area (Å²) in [5.41, 5.74) is 1.24. The van der Waals surface area contributed by atoms with Gasteiger partial charge in [-0.1, -0.05) is 29.8 Å². The van der Waals surface area contributed by atoms with Crippen LogP contribution in [-0.2, 0) is 6.42 Å². The first-order valence-corrected chi connectivity index (χ1v) is 6.51. The van der Waals surface area contributed by atoms with E-state index in [-0.39, 0.29) is 0 Å². The van der Waals surface area contributed by atoms with E-state index in [0.717, 1.165) is 30.5 Å². The van der Waals surface area contributed by atoms with Crippen molar-refractivity contribution >= 4 is 17.6 Å². The normalized spacial score (nSPS) is 11.1. The van der Waals surface area contributed by atoms with Gasteiger partial charge in [-0.3, -0.25) is 4.99 Å². The molecule has 0 saturated carbocycles. The first kappa shape index (κ1) is 14.6. The predicted octanol–water partition coefficient (Wildman–Crippen LogP) is 2.62. The largest absolute Gasteiger partial charge is 0.357 e. The standard InChI is InChI=1S/C14H20ClN3/c1-3-10-17-14(16-4-2)18-11-9-12-5-7-13(15)8-6-12/h3,5-8H,1,4,9-11H2,2H3,(H2,16,17,18). The summed E-state index contributed by atoms with van der Waals surface area (Å²) in [6.07, 6.45) is 2.72. The van der Waals surface area contributed by atoms with E-state index in [1.54, 1.807) is 0 Å². The fourth-order valence-corrected chi connectivity index (χ4v) is 1.58. The average Bonchev–Trinajstić information content (AvgIpc) is 2.38. The molecule has 0 aromatic heterocycles. The highest BCUT2D eigenvalue weighted by molar-refractivity contribution is 6.30. The van der Waals surface area contributed by atoms with Crippen LogP contribution in [0.4, 0.5) is 0 Å². The van der Waals surface area contributed by atoms with Gasteiger partial charge in [-0.2, -0.15) is 0 Å². The number of nitrogens with zero attached hydrogens (tertiary/aromatic N) is 1. The van der Waals surface area contributed by atoms with Crippen molar-refractivity contribution in [1.82, 2.24) is 10.6 Å². The van der Waals surface area contributed by atoms with Gasteiger partial charge in [-0.15, -0.1) is 6.58 Å². The lowest BCUT2D eigenvalue weighted by Gasteiger charge is -2.09. The molecule has 1 rings (SSSR count). The van der Waals surface area contributed by atoms with E-state index >= 15 is 0 Å². The van der Waals surface area contributed by atoms with Crippen LogP contribution in [0.2, 0.25) is 5.02 Å². The molecule has 0 amide bonds. The Labute approximate surface area is 114 Å². The molecule has 0 bridgehead atoms. The van der Waals surface area contributed by atoms with Crippen molar-refractivity contribution in [3.8, 4) is 0 Å². The van der Waals surface area contributed by atoms with E-state index in [4.69, 9.17) is 11.6 Å². The molecule has 18 heavy (non-hydrogen) atoms. The van der Waals surface area contributed by atoms with Crippen molar-refractivity contribution in [2.24, 2.45) is 4.99 Å². The van der Waals surface area contributed by atoms with E-state index in [9.17, 15) is 0 Å². The third kappa shape index (κ3) is 5.73. The lowest BCUT2D eigenvalue weighted by atomic mass is 10.1. The van der Waals surface area contributed by atoms with Crippen molar-refractivity contribution in [3.63, 3.8) is 0 Å². The minimum Gasteiger partial charge on any atom is -0.357 e. The Balaban J connectivity index is 2.44. The molecule has 0 spiro atoms. The van der Waals surface area contributed by atoms with E-state index in [1.165, 1.54) is 5.56 Å². The van der Waals surface area contributed by atoms with Gasteiger partial charge in [0.1, 0.15) is 0 Å². The molecular weight excluding hydrogens is 246 g/mol. The number of guanidine groups is 1. The Kier molecular flexibility index (Phi) is 6.96. The summed E-state index contributed by atoms with van der Waals surface area (Å²) in [7, 11) is 0. The highest BCUT2D eigenvalue weighted by Gasteiger charge is 1.96. The number of nitrogens with one attached hydrogen (secondary N) is 2. The minimum absolute atomic E-state index is 0.715. The molecule has 0 aliphatic heterocycles. The summed E-state index contributed by atoms with van der Waals surface area (Å²) in [6, 6.07) is 7.87. The van der Waals surface area contributed by atoms with Crippen molar-refractivity contribution in [2.45, 2.75) is 13.3 Å². The maximum Gasteiger partial charge on any atom is 0.191 e. The number of halogens is 1. The van der Waals surface area contributed by atoms with Crippen LogP contribution < -0.4 is 10.6 Å². The lowest BCUT2D eigenvalue weighted by molar-refractivity contribution is 0.851. The van der Waals surface area contributed by atoms with Gasteiger partial charge in [0.15, 0.2) is 5.96 Å². The van der Waals surface area contributed by atoms with Crippen molar-refractivity contribution in [2.75, 3.05) is 19.6 Å². The molecular formula is C14H20ClN3. The zero-order valence-corrected chi connectivity index (χ0v) is 11.5. The van der Waals surface area contributed by atoms with Crippen LogP contribution >= 0.6 is 11.6 Å². The zero-order valence-electron chi connectivity index (χ0n) is 10.7. The van der Waals surface area contributed by atoms with Gasteiger partial charge in [0.05, 0.1) is 0 Å². The smallest absolute Gasteiger partial charge is 0.191 e. The Morgan fingerprint density at radius 1 is 1.33 bits per heavy atom. The molecule has 0 fully saturated rings. The molecule has 3 nitrogen and oxygen atoms in total. The van der Waals surface area contributed by atoms with E-state index in [0.29, 0.717) is 6.54 Å². The third-order valence-corrected chi connectivity index (χ3v) is 2.59. The fourth-order valence-electron chi connectivity index (χ4n) is 1.46. The Morgan fingerprint density at radius 3 is 2.67 bits per heavy atom. The van der Waals surface area contributed by atoms with Crippen LogP contribution in [0, 0.1) is 0 Å².